The van der Waals surface area contributed by atoms with Crippen LogP contribution in [0.3, 0.4) is 0 Å². The van der Waals surface area contributed by atoms with E-state index in [4.69, 9.17) is 0 Å². The van der Waals surface area contributed by atoms with Crippen LogP contribution in [0.2, 0.25) is 0 Å². The first-order valence-corrected chi connectivity index (χ1v) is 8.18. The van der Waals surface area contributed by atoms with Crippen molar-refractivity contribution in [2.75, 3.05) is 0 Å². The van der Waals surface area contributed by atoms with E-state index in [0.29, 0.717) is 6.42 Å². The van der Waals surface area contributed by atoms with Crippen molar-refractivity contribution in [1.29, 1.82) is 0 Å². The standard InChI is InChI=1S/C12H9Br3OS/c13-7-1-2-11(15)10(4-7)12(16)5-9-3-8(14)6-17-9/h1-4,6,12,16H,5H2. The topological polar surface area (TPSA) is 20.2 Å². The minimum Gasteiger partial charge on any atom is -0.388 e. The van der Waals surface area contributed by atoms with Crippen LogP contribution in [0.5, 0.6) is 0 Å². The summed E-state index contributed by atoms with van der Waals surface area (Å²) in [5, 5.41) is 12.3. The van der Waals surface area contributed by atoms with Gasteiger partial charge in [-0.25, -0.2) is 0 Å². The molecule has 1 nitrogen and oxygen atoms in total. The van der Waals surface area contributed by atoms with Crippen LogP contribution >= 0.6 is 59.1 Å². The summed E-state index contributed by atoms with van der Waals surface area (Å²) >= 11 is 11.9. The Morgan fingerprint density at radius 1 is 1.12 bits per heavy atom. The second-order valence-corrected chi connectivity index (χ2v) is 7.30. The molecule has 90 valence electrons. The van der Waals surface area contributed by atoms with Crippen molar-refractivity contribution in [2.24, 2.45) is 0 Å². The first-order chi connectivity index (χ1) is 8.06. The van der Waals surface area contributed by atoms with E-state index in [1.54, 1.807) is 11.3 Å². The van der Waals surface area contributed by atoms with E-state index < -0.39 is 6.10 Å². The number of hydrogen-bond donors (Lipinski definition) is 1. The maximum Gasteiger partial charge on any atom is 0.0849 e. The molecule has 1 heterocycles. The van der Waals surface area contributed by atoms with Crippen molar-refractivity contribution < 1.29 is 5.11 Å². The fourth-order valence-electron chi connectivity index (χ4n) is 1.53. The monoisotopic (exact) mass is 438 g/mol. The lowest BCUT2D eigenvalue weighted by atomic mass is 10.1. The Bertz CT molecular complexity index is 524. The molecule has 2 rings (SSSR count). The minimum atomic E-state index is -0.493. The van der Waals surface area contributed by atoms with Crippen molar-refractivity contribution in [1.82, 2.24) is 0 Å². The van der Waals surface area contributed by atoms with E-state index in [-0.39, 0.29) is 0 Å². The summed E-state index contributed by atoms with van der Waals surface area (Å²) in [5.74, 6) is 0. The number of hydrogen-bond acceptors (Lipinski definition) is 2. The number of thiophene rings is 1. The Kier molecular flexibility index (Phi) is 4.83. The van der Waals surface area contributed by atoms with Crippen LogP contribution in [0.25, 0.3) is 0 Å². The van der Waals surface area contributed by atoms with Gasteiger partial charge < -0.3 is 5.11 Å². The maximum absolute atomic E-state index is 10.2. The Morgan fingerprint density at radius 2 is 1.88 bits per heavy atom. The van der Waals surface area contributed by atoms with Crippen LogP contribution in [-0.4, -0.2) is 5.11 Å². The lowest BCUT2D eigenvalue weighted by Gasteiger charge is -2.12. The van der Waals surface area contributed by atoms with Crippen molar-refractivity contribution in [2.45, 2.75) is 12.5 Å². The first kappa shape index (κ1) is 13.7. The first-order valence-electron chi connectivity index (χ1n) is 4.92. The average Bonchev–Trinajstić information content (AvgIpc) is 2.67. The molecule has 1 aromatic heterocycles. The quantitative estimate of drug-likeness (QED) is 0.685. The Balaban J connectivity index is 2.19. The van der Waals surface area contributed by atoms with Crippen LogP contribution in [0.1, 0.15) is 16.5 Å². The van der Waals surface area contributed by atoms with Gasteiger partial charge in [0.05, 0.1) is 6.10 Å². The molecule has 0 bridgehead atoms. The van der Waals surface area contributed by atoms with Crippen molar-refractivity contribution in [3.63, 3.8) is 0 Å². The van der Waals surface area contributed by atoms with E-state index in [1.807, 2.05) is 29.6 Å². The Hall–Kier alpha value is 0.320. The van der Waals surface area contributed by atoms with Gasteiger partial charge in [-0.3, -0.25) is 0 Å². The molecule has 5 heteroatoms. The second-order valence-electron chi connectivity index (χ2n) is 3.62. The van der Waals surface area contributed by atoms with Gasteiger partial charge in [0.1, 0.15) is 0 Å². The van der Waals surface area contributed by atoms with Crippen LogP contribution in [0, 0.1) is 0 Å². The van der Waals surface area contributed by atoms with Gasteiger partial charge in [-0.15, -0.1) is 11.3 Å². The zero-order valence-corrected chi connectivity index (χ0v) is 14.2. The number of halogens is 3. The highest BCUT2D eigenvalue weighted by Gasteiger charge is 2.13. The van der Waals surface area contributed by atoms with Gasteiger partial charge in [0.2, 0.25) is 0 Å². The summed E-state index contributed by atoms with van der Waals surface area (Å²) in [5.41, 5.74) is 0.906. The van der Waals surface area contributed by atoms with Gasteiger partial charge in [-0.1, -0.05) is 31.9 Å². The lowest BCUT2D eigenvalue weighted by molar-refractivity contribution is 0.178. The molecule has 1 atom stereocenters. The fraction of sp³-hybridized carbons (Fsp3) is 0.167. The smallest absolute Gasteiger partial charge is 0.0849 e. The highest BCUT2D eigenvalue weighted by Crippen LogP contribution is 2.31. The van der Waals surface area contributed by atoms with Gasteiger partial charge in [0.25, 0.3) is 0 Å². The third-order valence-corrected chi connectivity index (χ3v) is 5.27. The van der Waals surface area contributed by atoms with Crippen LogP contribution < -0.4 is 0 Å². The van der Waals surface area contributed by atoms with Crippen molar-refractivity contribution >= 4 is 59.1 Å². The van der Waals surface area contributed by atoms with Crippen LogP contribution in [-0.2, 0) is 6.42 Å². The summed E-state index contributed by atoms with van der Waals surface area (Å²) in [4.78, 5) is 1.16. The molecule has 1 N–H and O–H groups in total. The normalized spacial score (nSPS) is 12.7. The van der Waals surface area contributed by atoms with E-state index >= 15 is 0 Å². The molecule has 0 fully saturated rings. The Morgan fingerprint density at radius 3 is 2.53 bits per heavy atom. The predicted octanol–water partition coefficient (Wildman–Crippen LogP) is 5.31. The molecule has 0 amide bonds. The number of rotatable bonds is 3. The lowest BCUT2D eigenvalue weighted by Crippen LogP contribution is -2.01. The van der Waals surface area contributed by atoms with Gasteiger partial charge in [0.15, 0.2) is 0 Å². The van der Waals surface area contributed by atoms with E-state index in [1.165, 1.54) is 0 Å². The minimum absolute atomic E-state index is 0.493. The molecule has 0 saturated carbocycles. The van der Waals surface area contributed by atoms with Crippen LogP contribution in [0.4, 0.5) is 0 Å². The van der Waals surface area contributed by atoms with Gasteiger partial charge in [-0.2, -0.15) is 0 Å². The molecule has 0 spiro atoms. The SMILES string of the molecule is OC(Cc1cc(Br)cs1)c1cc(Br)ccc1Br. The summed E-state index contributed by atoms with van der Waals surface area (Å²) in [6.45, 7) is 0. The van der Waals surface area contributed by atoms with Crippen molar-refractivity contribution in [3.8, 4) is 0 Å². The largest absolute Gasteiger partial charge is 0.388 e. The van der Waals surface area contributed by atoms with Gasteiger partial charge in [0, 0.05) is 30.1 Å². The Labute approximate surface area is 129 Å². The number of benzene rings is 1. The summed E-state index contributed by atoms with van der Waals surface area (Å²) in [6.07, 6.45) is 0.137. The summed E-state index contributed by atoms with van der Waals surface area (Å²) in [6, 6.07) is 7.87. The highest BCUT2D eigenvalue weighted by molar-refractivity contribution is 9.11. The zero-order chi connectivity index (χ0) is 12.4. The second kappa shape index (κ2) is 5.97. The molecule has 0 saturated heterocycles. The molecule has 0 radical (unpaired) electrons. The average molecular weight is 441 g/mol. The fourth-order valence-corrected chi connectivity index (χ4v) is 3.91. The molecule has 1 aromatic carbocycles. The number of aliphatic hydroxyl groups is 1. The predicted molar refractivity (Wildman–Crippen MR) is 82.5 cm³/mol. The van der Waals surface area contributed by atoms with Crippen molar-refractivity contribution in [3.05, 3.63) is 53.5 Å². The molecular weight excluding hydrogens is 432 g/mol. The van der Waals surface area contributed by atoms with Crippen LogP contribution in [0.15, 0.2) is 43.1 Å². The molecule has 1 unspecified atom stereocenters. The molecule has 0 aliphatic carbocycles. The zero-order valence-electron chi connectivity index (χ0n) is 8.66. The van der Waals surface area contributed by atoms with E-state index in [9.17, 15) is 5.11 Å². The summed E-state index contributed by atoms with van der Waals surface area (Å²) < 4.78 is 2.98. The molecule has 0 aliphatic rings. The third-order valence-electron chi connectivity index (χ3n) is 2.33. The molecule has 0 aliphatic heterocycles. The molecule has 2 aromatic rings. The molecular formula is C12H9Br3OS. The van der Waals surface area contributed by atoms with E-state index in [2.05, 4.69) is 47.8 Å². The maximum atomic E-state index is 10.2. The number of aliphatic hydroxyl groups excluding tert-OH is 1. The highest BCUT2D eigenvalue weighted by atomic mass is 79.9. The van der Waals surface area contributed by atoms with Gasteiger partial charge >= 0.3 is 0 Å². The van der Waals surface area contributed by atoms with Gasteiger partial charge in [-0.05, 0) is 45.8 Å². The summed E-state index contributed by atoms with van der Waals surface area (Å²) in [7, 11) is 0. The van der Waals surface area contributed by atoms with E-state index in [0.717, 1.165) is 23.9 Å². The molecule has 17 heavy (non-hydrogen) atoms. The third kappa shape index (κ3) is 3.64.